The molecule has 20 heavy (non-hydrogen) atoms. The number of benzene rings is 1. The van der Waals surface area contributed by atoms with Gasteiger partial charge in [0.1, 0.15) is 11.9 Å². The number of hydrogen-bond acceptors (Lipinski definition) is 4. The lowest BCUT2D eigenvalue weighted by atomic mass is 9.94. The maximum atomic E-state index is 8.97. The van der Waals surface area contributed by atoms with Crippen LogP contribution in [0, 0.1) is 0 Å². The van der Waals surface area contributed by atoms with Gasteiger partial charge in [-0.15, -0.1) is 0 Å². The molecule has 0 fully saturated rings. The van der Waals surface area contributed by atoms with E-state index in [1.807, 2.05) is 6.07 Å². The summed E-state index contributed by atoms with van der Waals surface area (Å²) in [5, 5.41) is 17.9. The van der Waals surface area contributed by atoms with E-state index in [4.69, 9.17) is 19.3 Å². The maximum absolute atomic E-state index is 8.97. The van der Waals surface area contributed by atoms with Crippen molar-refractivity contribution in [1.82, 2.24) is 0 Å². The van der Waals surface area contributed by atoms with Gasteiger partial charge in [0.15, 0.2) is 0 Å². The summed E-state index contributed by atoms with van der Waals surface area (Å²) in [6.45, 7) is 8.08. The molecule has 0 saturated heterocycles. The third kappa shape index (κ3) is 4.71. The van der Waals surface area contributed by atoms with Gasteiger partial charge in [-0.05, 0) is 23.0 Å². The molecular formula is C15H25O4P. The first-order chi connectivity index (χ1) is 9.51. The molecule has 0 aromatic heterocycles. The maximum Gasteiger partial charge on any atom is 0.215 e. The van der Waals surface area contributed by atoms with Crippen molar-refractivity contribution >= 4 is 9.03 Å². The zero-order valence-electron chi connectivity index (χ0n) is 12.6. The van der Waals surface area contributed by atoms with Gasteiger partial charge in [-0.3, -0.25) is 0 Å². The summed E-state index contributed by atoms with van der Waals surface area (Å²) in [5.41, 5.74) is 2.30. The molecule has 0 heterocycles. The largest absolute Gasteiger partial charge is 0.449 e. The van der Waals surface area contributed by atoms with Crippen LogP contribution in [0.1, 0.15) is 50.7 Å². The topological polar surface area (TPSA) is 58.9 Å². The molecule has 0 radical (unpaired) electrons. The highest BCUT2D eigenvalue weighted by Crippen LogP contribution is 2.38. The van der Waals surface area contributed by atoms with Crippen molar-refractivity contribution in [3.8, 4) is 5.75 Å². The Morgan fingerprint density at radius 1 is 1.00 bits per heavy atom. The van der Waals surface area contributed by atoms with E-state index in [1.54, 1.807) is 0 Å². The zero-order chi connectivity index (χ0) is 15.1. The van der Waals surface area contributed by atoms with E-state index in [1.165, 1.54) is 0 Å². The van der Waals surface area contributed by atoms with Crippen molar-refractivity contribution in [2.45, 2.75) is 45.6 Å². The van der Waals surface area contributed by atoms with Crippen molar-refractivity contribution in [3.05, 3.63) is 29.3 Å². The van der Waals surface area contributed by atoms with Crippen LogP contribution < -0.4 is 4.52 Å². The normalized spacial score (nSPS) is 12.2. The standard InChI is InChI=1S/C15H25O4P/c1-10(2)13-6-5-7-14(11(3)4)15(13)19-20-18-12(8-16)9-17/h5-7,10-12,16-17,20H,8-9H2,1-4H3. The van der Waals surface area contributed by atoms with Crippen LogP contribution in [0.4, 0.5) is 0 Å². The molecule has 0 saturated carbocycles. The van der Waals surface area contributed by atoms with Crippen LogP contribution in [0.3, 0.4) is 0 Å². The molecule has 5 heteroatoms. The predicted molar refractivity (Wildman–Crippen MR) is 82.6 cm³/mol. The Balaban J connectivity index is 2.85. The number of para-hydroxylation sites is 1. The Labute approximate surface area is 123 Å². The van der Waals surface area contributed by atoms with E-state index < -0.39 is 6.10 Å². The molecule has 4 nitrogen and oxygen atoms in total. The van der Waals surface area contributed by atoms with Crippen molar-refractivity contribution in [1.29, 1.82) is 0 Å². The first-order valence-electron chi connectivity index (χ1n) is 6.93. The summed E-state index contributed by atoms with van der Waals surface area (Å²) in [7, 11) is -0.238. The molecule has 1 rings (SSSR count). The van der Waals surface area contributed by atoms with E-state index in [0.717, 1.165) is 16.9 Å². The van der Waals surface area contributed by atoms with Crippen LogP contribution >= 0.6 is 9.03 Å². The molecule has 0 amide bonds. The highest BCUT2D eigenvalue weighted by molar-refractivity contribution is 7.26. The molecule has 2 N–H and O–H groups in total. The van der Waals surface area contributed by atoms with Crippen LogP contribution in [0.2, 0.25) is 0 Å². The van der Waals surface area contributed by atoms with E-state index in [0.29, 0.717) is 11.8 Å². The van der Waals surface area contributed by atoms with Crippen LogP contribution in [0.15, 0.2) is 18.2 Å². The van der Waals surface area contributed by atoms with Crippen LogP contribution in [0.25, 0.3) is 0 Å². The van der Waals surface area contributed by atoms with Crippen molar-refractivity contribution in [2.75, 3.05) is 13.2 Å². The zero-order valence-corrected chi connectivity index (χ0v) is 13.6. The monoisotopic (exact) mass is 300 g/mol. The highest BCUT2D eigenvalue weighted by Gasteiger charge is 2.16. The third-order valence-corrected chi connectivity index (χ3v) is 3.80. The fourth-order valence-corrected chi connectivity index (χ4v) is 2.52. The summed E-state index contributed by atoms with van der Waals surface area (Å²) in [4.78, 5) is 0. The lowest BCUT2D eigenvalue weighted by Gasteiger charge is -2.20. The fourth-order valence-electron chi connectivity index (χ4n) is 1.87. The lowest BCUT2D eigenvalue weighted by Crippen LogP contribution is -2.18. The number of hydrogen-bond donors (Lipinski definition) is 2. The minimum atomic E-state index is -0.581. The van der Waals surface area contributed by atoms with E-state index in [2.05, 4.69) is 39.8 Å². The van der Waals surface area contributed by atoms with Gasteiger partial charge in [-0.2, -0.15) is 0 Å². The molecule has 1 unspecified atom stereocenters. The predicted octanol–water partition coefficient (Wildman–Crippen LogP) is 3.19. The molecule has 0 aliphatic carbocycles. The third-order valence-electron chi connectivity index (χ3n) is 3.09. The van der Waals surface area contributed by atoms with Crippen molar-refractivity contribution in [2.24, 2.45) is 0 Å². The molecular weight excluding hydrogens is 275 g/mol. The van der Waals surface area contributed by atoms with Gasteiger partial charge in [-0.1, -0.05) is 45.9 Å². The Hall–Kier alpha value is -0.670. The molecule has 1 aromatic rings. The van der Waals surface area contributed by atoms with Crippen molar-refractivity contribution in [3.63, 3.8) is 0 Å². The van der Waals surface area contributed by atoms with Crippen LogP contribution in [-0.4, -0.2) is 29.5 Å². The Bertz CT molecular complexity index is 377. The summed E-state index contributed by atoms with van der Waals surface area (Å²) in [5.74, 6) is 1.59. The fraction of sp³-hybridized carbons (Fsp3) is 0.600. The first-order valence-corrected chi connectivity index (χ1v) is 7.74. The SMILES string of the molecule is CC(C)c1cccc(C(C)C)c1OPOC(CO)CO. The Morgan fingerprint density at radius 3 is 1.90 bits per heavy atom. The van der Waals surface area contributed by atoms with Gasteiger partial charge in [-0.25, -0.2) is 0 Å². The minimum absolute atomic E-state index is 0.213. The van der Waals surface area contributed by atoms with Gasteiger partial charge in [0, 0.05) is 0 Å². The van der Waals surface area contributed by atoms with Crippen LogP contribution in [0.5, 0.6) is 5.75 Å². The van der Waals surface area contributed by atoms with E-state index in [-0.39, 0.29) is 22.2 Å². The molecule has 0 spiro atoms. The lowest BCUT2D eigenvalue weighted by molar-refractivity contribution is 0.0691. The molecule has 0 aliphatic heterocycles. The Morgan fingerprint density at radius 2 is 1.50 bits per heavy atom. The summed E-state index contributed by atoms with van der Waals surface area (Å²) >= 11 is 0. The second-order valence-corrected chi connectivity index (χ2v) is 5.97. The smallest absolute Gasteiger partial charge is 0.215 e. The van der Waals surface area contributed by atoms with Gasteiger partial charge in [0.25, 0.3) is 0 Å². The molecule has 1 atom stereocenters. The van der Waals surface area contributed by atoms with Gasteiger partial charge in [0.2, 0.25) is 9.03 Å². The van der Waals surface area contributed by atoms with Gasteiger partial charge < -0.3 is 19.3 Å². The second-order valence-electron chi connectivity index (χ2n) is 5.37. The van der Waals surface area contributed by atoms with Crippen LogP contribution in [-0.2, 0) is 4.52 Å². The highest BCUT2D eigenvalue weighted by atomic mass is 31.1. The van der Waals surface area contributed by atoms with Crippen molar-refractivity contribution < 1.29 is 19.3 Å². The molecule has 0 bridgehead atoms. The summed E-state index contributed by atoms with van der Waals surface area (Å²) in [6.07, 6.45) is -0.581. The summed E-state index contributed by atoms with van der Waals surface area (Å²) < 4.78 is 11.1. The first kappa shape index (κ1) is 17.4. The quantitative estimate of drug-likeness (QED) is 0.724. The van der Waals surface area contributed by atoms with E-state index in [9.17, 15) is 0 Å². The number of aliphatic hydroxyl groups is 2. The number of rotatable bonds is 8. The molecule has 0 aliphatic rings. The van der Waals surface area contributed by atoms with Gasteiger partial charge in [0.05, 0.1) is 13.2 Å². The summed E-state index contributed by atoms with van der Waals surface area (Å²) in [6, 6.07) is 6.17. The van der Waals surface area contributed by atoms with E-state index >= 15 is 0 Å². The Kier molecular flexibility index (Phi) is 7.46. The average molecular weight is 300 g/mol. The number of aliphatic hydroxyl groups excluding tert-OH is 2. The minimum Gasteiger partial charge on any atom is -0.449 e. The second kappa shape index (κ2) is 8.58. The molecule has 1 aromatic carbocycles. The molecule has 114 valence electrons. The average Bonchev–Trinajstić information content (AvgIpc) is 2.43. The van der Waals surface area contributed by atoms with Gasteiger partial charge >= 0.3 is 0 Å².